The standard InChI is InChI=1S/C29H36N2O8.C2HF3O2/c1-3-5-15-36-27(34)18-38-25-14-11-22(17-26(25)39-19-28(35)37-16-6-4-2)24(33)13-12-23(32)20-7-9-21(10-8-20)29(30)31;3-2(4,5)1(6)7/h7-11,14,17H,3-6,12-13,15-16,18-19H2,1-2H3,(H3,30,31);(H,6,7). The van der Waals surface area contributed by atoms with Crippen molar-refractivity contribution in [3.8, 4) is 11.5 Å². The molecule has 0 aliphatic carbocycles. The van der Waals surface area contributed by atoms with Crippen LogP contribution in [0.4, 0.5) is 13.2 Å². The molecular formula is C31H37F3N2O10. The first-order chi connectivity index (χ1) is 21.7. The molecule has 0 amide bonds. The molecule has 2 aromatic carbocycles. The van der Waals surface area contributed by atoms with E-state index in [0.29, 0.717) is 17.7 Å². The number of halogens is 3. The molecule has 2 aromatic rings. The number of carboxylic acids is 1. The number of alkyl halides is 3. The summed E-state index contributed by atoms with van der Waals surface area (Å²) >= 11 is 0. The average Bonchev–Trinajstić information content (AvgIpc) is 3.01. The Labute approximate surface area is 263 Å². The number of carboxylic acid groups (broad SMARTS) is 1. The summed E-state index contributed by atoms with van der Waals surface area (Å²) in [6.07, 6.45) is -1.95. The number of aliphatic carboxylic acids is 1. The Kier molecular flexibility index (Phi) is 17.1. The molecule has 0 heterocycles. The van der Waals surface area contributed by atoms with E-state index in [1.165, 1.54) is 18.2 Å². The smallest absolute Gasteiger partial charge is 0.478 e. The normalized spacial score (nSPS) is 10.5. The molecule has 2 rings (SSSR count). The van der Waals surface area contributed by atoms with Gasteiger partial charge in [-0.25, -0.2) is 14.4 Å². The molecule has 0 atom stereocenters. The number of nitrogen functional groups attached to an aromatic ring is 1. The molecule has 0 saturated carbocycles. The Bertz CT molecular complexity index is 1350. The minimum absolute atomic E-state index is 0.0277. The van der Waals surface area contributed by atoms with Crippen LogP contribution < -0.4 is 15.2 Å². The highest BCUT2D eigenvalue weighted by atomic mass is 19.4. The predicted molar refractivity (Wildman–Crippen MR) is 158 cm³/mol. The van der Waals surface area contributed by atoms with E-state index in [2.05, 4.69) is 0 Å². The van der Waals surface area contributed by atoms with Gasteiger partial charge in [0.05, 0.1) is 13.2 Å². The molecule has 12 nitrogen and oxygen atoms in total. The Morgan fingerprint density at radius 1 is 0.739 bits per heavy atom. The van der Waals surface area contributed by atoms with Crippen LogP contribution in [0.2, 0.25) is 0 Å². The lowest BCUT2D eigenvalue weighted by Crippen LogP contribution is -2.21. The quantitative estimate of drug-likeness (QED) is 0.0651. The molecule has 4 N–H and O–H groups in total. The number of amidine groups is 1. The van der Waals surface area contributed by atoms with E-state index in [9.17, 15) is 32.3 Å². The van der Waals surface area contributed by atoms with Crippen molar-refractivity contribution in [1.82, 2.24) is 0 Å². The van der Waals surface area contributed by atoms with Crippen LogP contribution in [0.1, 0.15) is 78.7 Å². The summed E-state index contributed by atoms with van der Waals surface area (Å²) < 4.78 is 53.0. The summed E-state index contributed by atoms with van der Waals surface area (Å²) in [4.78, 5) is 58.2. The number of nitrogens with two attached hydrogens (primary N) is 1. The lowest BCUT2D eigenvalue weighted by atomic mass is 10.0. The summed E-state index contributed by atoms with van der Waals surface area (Å²) in [6.45, 7) is 3.74. The highest BCUT2D eigenvalue weighted by Gasteiger charge is 2.38. The number of unbranched alkanes of at least 4 members (excludes halogenated alkanes) is 2. The van der Waals surface area contributed by atoms with Crippen LogP contribution in [-0.2, 0) is 23.9 Å². The molecule has 252 valence electrons. The molecule has 0 aromatic heterocycles. The second-order valence-corrected chi connectivity index (χ2v) is 9.53. The van der Waals surface area contributed by atoms with E-state index in [4.69, 9.17) is 40.0 Å². The summed E-state index contributed by atoms with van der Waals surface area (Å²) in [5.41, 5.74) is 6.60. The van der Waals surface area contributed by atoms with Crippen molar-refractivity contribution < 1.29 is 61.2 Å². The Morgan fingerprint density at radius 3 is 1.59 bits per heavy atom. The van der Waals surface area contributed by atoms with Crippen molar-refractivity contribution in [2.45, 2.75) is 58.5 Å². The Hall–Kier alpha value is -4.95. The molecule has 0 aliphatic heterocycles. The first-order valence-electron chi connectivity index (χ1n) is 14.2. The monoisotopic (exact) mass is 654 g/mol. The van der Waals surface area contributed by atoms with Gasteiger partial charge in [-0.15, -0.1) is 0 Å². The van der Waals surface area contributed by atoms with E-state index in [-0.39, 0.29) is 60.5 Å². The van der Waals surface area contributed by atoms with E-state index in [1.807, 2.05) is 13.8 Å². The maximum absolute atomic E-state index is 12.9. The van der Waals surface area contributed by atoms with E-state index in [0.717, 1.165) is 25.7 Å². The number of benzene rings is 2. The van der Waals surface area contributed by atoms with Crippen molar-refractivity contribution in [2.24, 2.45) is 5.73 Å². The number of esters is 2. The maximum Gasteiger partial charge on any atom is 0.490 e. The third-order valence-corrected chi connectivity index (χ3v) is 5.82. The van der Waals surface area contributed by atoms with Gasteiger partial charge in [0.15, 0.2) is 36.3 Å². The number of hydrogen-bond donors (Lipinski definition) is 3. The number of carbonyl (C=O) groups excluding carboxylic acids is 4. The first kappa shape index (κ1) is 39.1. The number of Topliss-reactive ketones (excluding diaryl/α,β-unsaturated/α-hetero) is 2. The lowest BCUT2D eigenvalue weighted by Gasteiger charge is -2.14. The highest BCUT2D eigenvalue weighted by Crippen LogP contribution is 2.29. The number of ether oxygens (including phenoxy) is 4. The van der Waals surface area contributed by atoms with Crippen LogP contribution in [0.3, 0.4) is 0 Å². The van der Waals surface area contributed by atoms with Crippen LogP contribution in [0.15, 0.2) is 42.5 Å². The number of carbonyl (C=O) groups is 5. The Morgan fingerprint density at radius 2 is 1.15 bits per heavy atom. The fraction of sp³-hybridized carbons (Fsp3) is 0.419. The van der Waals surface area contributed by atoms with Crippen LogP contribution in [-0.4, -0.2) is 73.0 Å². The zero-order valence-electron chi connectivity index (χ0n) is 25.4. The number of nitrogens with one attached hydrogen (secondary N) is 1. The van der Waals surface area contributed by atoms with E-state index < -0.39 is 30.7 Å². The van der Waals surface area contributed by atoms with Crippen LogP contribution in [0, 0.1) is 5.41 Å². The van der Waals surface area contributed by atoms with Gasteiger partial charge in [-0.2, -0.15) is 13.2 Å². The van der Waals surface area contributed by atoms with Crippen LogP contribution in [0.25, 0.3) is 0 Å². The molecule has 15 heteroatoms. The number of hydrogen-bond acceptors (Lipinski definition) is 10. The molecule has 0 fully saturated rings. The maximum atomic E-state index is 12.9. The first-order valence-corrected chi connectivity index (χ1v) is 14.2. The SMILES string of the molecule is CCCCOC(=O)COc1ccc(C(=O)CCC(=O)c2ccc(C(=N)N)cc2)cc1OCC(=O)OCCCC.O=C(O)C(F)(F)F. The minimum atomic E-state index is -5.08. The van der Waals surface area contributed by atoms with Gasteiger partial charge in [-0.05, 0) is 31.0 Å². The van der Waals surface area contributed by atoms with E-state index >= 15 is 0 Å². The molecule has 0 saturated heterocycles. The second kappa shape index (κ2) is 20.2. The third kappa shape index (κ3) is 15.2. The van der Waals surface area contributed by atoms with Crippen molar-refractivity contribution in [1.29, 1.82) is 5.41 Å². The molecule has 0 spiro atoms. The molecular weight excluding hydrogens is 617 g/mol. The van der Waals surface area contributed by atoms with Crippen LogP contribution >= 0.6 is 0 Å². The number of rotatable bonds is 18. The highest BCUT2D eigenvalue weighted by molar-refractivity contribution is 6.03. The fourth-order valence-electron chi connectivity index (χ4n) is 3.28. The van der Waals surface area contributed by atoms with Crippen molar-refractivity contribution in [2.75, 3.05) is 26.4 Å². The molecule has 0 radical (unpaired) electrons. The van der Waals surface area contributed by atoms with Crippen LogP contribution in [0.5, 0.6) is 11.5 Å². The second-order valence-electron chi connectivity index (χ2n) is 9.53. The van der Waals surface area contributed by atoms with Gasteiger partial charge < -0.3 is 29.8 Å². The van der Waals surface area contributed by atoms with Gasteiger partial charge in [0, 0.05) is 29.5 Å². The molecule has 46 heavy (non-hydrogen) atoms. The topological polar surface area (TPSA) is 192 Å². The zero-order chi connectivity index (χ0) is 34.7. The predicted octanol–water partition coefficient (Wildman–Crippen LogP) is 4.89. The van der Waals surface area contributed by atoms with Gasteiger partial charge in [0.1, 0.15) is 5.84 Å². The largest absolute Gasteiger partial charge is 0.490 e. The van der Waals surface area contributed by atoms with Crippen molar-refractivity contribution in [3.05, 3.63) is 59.2 Å². The van der Waals surface area contributed by atoms with Gasteiger partial charge in [-0.3, -0.25) is 15.0 Å². The van der Waals surface area contributed by atoms with Crippen molar-refractivity contribution in [3.63, 3.8) is 0 Å². The van der Waals surface area contributed by atoms with Gasteiger partial charge in [0.25, 0.3) is 0 Å². The van der Waals surface area contributed by atoms with E-state index in [1.54, 1.807) is 24.3 Å². The fourth-order valence-corrected chi connectivity index (χ4v) is 3.28. The summed E-state index contributed by atoms with van der Waals surface area (Å²) in [5, 5.41) is 14.6. The average molecular weight is 655 g/mol. The summed E-state index contributed by atoms with van der Waals surface area (Å²) in [5.74, 6) is -4.29. The van der Waals surface area contributed by atoms with Crippen molar-refractivity contribution >= 4 is 35.3 Å². The lowest BCUT2D eigenvalue weighted by molar-refractivity contribution is -0.192. The van der Waals surface area contributed by atoms with Gasteiger partial charge >= 0.3 is 24.1 Å². The molecule has 0 bridgehead atoms. The summed E-state index contributed by atoms with van der Waals surface area (Å²) in [6, 6.07) is 10.7. The molecule has 0 aliphatic rings. The third-order valence-electron chi connectivity index (χ3n) is 5.82. The summed E-state index contributed by atoms with van der Waals surface area (Å²) in [7, 11) is 0. The Balaban J connectivity index is 0.00000135. The van der Waals surface area contributed by atoms with Gasteiger partial charge in [-0.1, -0.05) is 51.0 Å². The molecule has 0 unspecified atom stereocenters. The zero-order valence-corrected chi connectivity index (χ0v) is 25.4. The van der Waals surface area contributed by atoms with Gasteiger partial charge in [0.2, 0.25) is 0 Å². The number of ketones is 2. The minimum Gasteiger partial charge on any atom is -0.478 e.